The van der Waals surface area contributed by atoms with Gasteiger partial charge in [-0.25, -0.2) is 0 Å². The van der Waals surface area contributed by atoms with Crippen molar-refractivity contribution in [3.05, 3.63) is 29.3 Å². The molecule has 4 nitrogen and oxygen atoms in total. The second-order valence-electron chi connectivity index (χ2n) is 5.77. The van der Waals surface area contributed by atoms with E-state index >= 15 is 0 Å². The van der Waals surface area contributed by atoms with Crippen molar-refractivity contribution in [2.24, 2.45) is 5.92 Å². The molecule has 0 bridgehead atoms. The van der Waals surface area contributed by atoms with E-state index in [1.165, 1.54) is 19.3 Å². The second kappa shape index (κ2) is 5.65. The highest BCUT2D eigenvalue weighted by molar-refractivity contribution is 5.99. The van der Waals surface area contributed by atoms with Crippen LogP contribution >= 0.6 is 0 Å². The van der Waals surface area contributed by atoms with E-state index in [9.17, 15) is 9.59 Å². The molecule has 3 rings (SSSR count). The Morgan fingerprint density at radius 2 is 2.05 bits per heavy atom. The molecule has 0 spiro atoms. The van der Waals surface area contributed by atoms with E-state index in [0.29, 0.717) is 13.0 Å². The maximum atomic E-state index is 12.1. The molecule has 106 valence electrons. The van der Waals surface area contributed by atoms with Gasteiger partial charge in [-0.05, 0) is 30.0 Å². The molecule has 4 heteroatoms. The van der Waals surface area contributed by atoms with Crippen LogP contribution in [0.5, 0.6) is 0 Å². The van der Waals surface area contributed by atoms with Crippen LogP contribution in [0.2, 0.25) is 0 Å². The van der Waals surface area contributed by atoms with Gasteiger partial charge in [0.1, 0.15) is 0 Å². The molecular weight excluding hydrogens is 252 g/mol. The quantitative estimate of drug-likeness (QED) is 0.887. The predicted molar refractivity (Wildman–Crippen MR) is 77.2 cm³/mol. The molecule has 0 radical (unpaired) electrons. The van der Waals surface area contributed by atoms with Crippen LogP contribution in [-0.2, 0) is 22.6 Å². The third-order valence-electron chi connectivity index (χ3n) is 4.24. The van der Waals surface area contributed by atoms with Gasteiger partial charge in [-0.1, -0.05) is 31.4 Å². The number of hydrogen-bond donors (Lipinski definition) is 2. The Bertz CT molecular complexity index is 533. The summed E-state index contributed by atoms with van der Waals surface area (Å²) in [6, 6.07) is 5.89. The summed E-state index contributed by atoms with van der Waals surface area (Å²) in [6.45, 7) is 0.552. The minimum atomic E-state index is 0.0448. The maximum Gasteiger partial charge on any atom is 0.228 e. The summed E-state index contributed by atoms with van der Waals surface area (Å²) < 4.78 is 0. The van der Waals surface area contributed by atoms with Crippen LogP contribution in [0.1, 0.15) is 43.2 Å². The normalized spacial score (nSPS) is 18.5. The van der Waals surface area contributed by atoms with E-state index in [1.54, 1.807) is 0 Å². The van der Waals surface area contributed by atoms with Gasteiger partial charge in [0.2, 0.25) is 11.8 Å². The number of carbonyl (C=O) groups excluding carboxylic acids is 2. The lowest BCUT2D eigenvalue weighted by atomic mass is 9.88. The topological polar surface area (TPSA) is 58.2 Å². The number of hydrogen-bond acceptors (Lipinski definition) is 2. The van der Waals surface area contributed by atoms with Gasteiger partial charge in [0.05, 0.1) is 6.42 Å². The number of nitrogens with one attached hydrogen (secondary N) is 2. The molecule has 0 atom stereocenters. The van der Waals surface area contributed by atoms with Crippen molar-refractivity contribution in [1.82, 2.24) is 5.32 Å². The Hall–Kier alpha value is -1.84. The van der Waals surface area contributed by atoms with Crippen LogP contribution in [0.15, 0.2) is 18.2 Å². The molecule has 0 aromatic heterocycles. The van der Waals surface area contributed by atoms with Gasteiger partial charge in [0.25, 0.3) is 0 Å². The van der Waals surface area contributed by atoms with Gasteiger partial charge < -0.3 is 10.6 Å². The first kappa shape index (κ1) is 13.2. The van der Waals surface area contributed by atoms with E-state index in [1.807, 2.05) is 18.2 Å². The Labute approximate surface area is 118 Å². The zero-order valence-corrected chi connectivity index (χ0v) is 11.6. The van der Waals surface area contributed by atoms with Crippen LogP contribution in [0.3, 0.4) is 0 Å². The van der Waals surface area contributed by atoms with Gasteiger partial charge >= 0.3 is 0 Å². The zero-order valence-electron chi connectivity index (χ0n) is 11.6. The van der Waals surface area contributed by atoms with E-state index in [-0.39, 0.29) is 17.7 Å². The molecule has 1 fully saturated rings. The average Bonchev–Trinajstić information content (AvgIpc) is 2.85. The van der Waals surface area contributed by atoms with Crippen molar-refractivity contribution in [2.75, 3.05) is 5.32 Å². The average molecular weight is 272 g/mol. The summed E-state index contributed by atoms with van der Waals surface area (Å²) in [5, 5.41) is 5.84. The monoisotopic (exact) mass is 272 g/mol. The SMILES string of the molecule is O=C1Cc2cc(CNC(=O)C3CCCCC3)ccc2N1. The van der Waals surface area contributed by atoms with Crippen LogP contribution < -0.4 is 10.6 Å². The summed E-state index contributed by atoms with van der Waals surface area (Å²) in [5.74, 6) is 0.421. The third-order valence-corrected chi connectivity index (χ3v) is 4.24. The highest BCUT2D eigenvalue weighted by atomic mass is 16.2. The number of carbonyl (C=O) groups is 2. The number of benzene rings is 1. The van der Waals surface area contributed by atoms with E-state index in [2.05, 4.69) is 10.6 Å². The Kier molecular flexibility index (Phi) is 3.72. The fourth-order valence-electron chi connectivity index (χ4n) is 3.09. The van der Waals surface area contributed by atoms with Crippen molar-refractivity contribution >= 4 is 17.5 Å². The smallest absolute Gasteiger partial charge is 0.228 e. The Morgan fingerprint density at radius 1 is 1.25 bits per heavy atom. The lowest BCUT2D eigenvalue weighted by Crippen LogP contribution is -2.31. The van der Waals surface area contributed by atoms with Crippen LogP contribution in [0.4, 0.5) is 5.69 Å². The second-order valence-corrected chi connectivity index (χ2v) is 5.77. The summed E-state index contributed by atoms with van der Waals surface area (Å²) in [7, 11) is 0. The van der Waals surface area contributed by atoms with Crippen molar-refractivity contribution in [1.29, 1.82) is 0 Å². The fraction of sp³-hybridized carbons (Fsp3) is 0.500. The molecule has 0 unspecified atom stereocenters. The van der Waals surface area contributed by atoms with Crippen molar-refractivity contribution < 1.29 is 9.59 Å². The van der Waals surface area contributed by atoms with Gasteiger partial charge in [0, 0.05) is 18.2 Å². The standard InChI is InChI=1S/C16H20N2O2/c19-15-9-13-8-11(6-7-14(13)18-15)10-17-16(20)12-4-2-1-3-5-12/h6-8,12H,1-5,9-10H2,(H,17,20)(H,18,19). The van der Waals surface area contributed by atoms with E-state index in [4.69, 9.17) is 0 Å². The Balaban J connectivity index is 1.57. The fourth-order valence-corrected chi connectivity index (χ4v) is 3.09. The minimum absolute atomic E-state index is 0.0448. The first-order valence-electron chi connectivity index (χ1n) is 7.42. The van der Waals surface area contributed by atoms with Crippen LogP contribution in [0.25, 0.3) is 0 Å². The molecule has 1 aliphatic carbocycles. The lowest BCUT2D eigenvalue weighted by molar-refractivity contribution is -0.126. The molecule has 1 heterocycles. The number of amides is 2. The van der Waals surface area contributed by atoms with E-state index in [0.717, 1.165) is 29.7 Å². The summed E-state index contributed by atoms with van der Waals surface area (Å²) in [5.41, 5.74) is 2.99. The summed E-state index contributed by atoms with van der Waals surface area (Å²) in [6.07, 6.45) is 6.09. The molecule has 2 amide bonds. The maximum absolute atomic E-state index is 12.1. The largest absolute Gasteiger partial charge is 0.352 e. The van der Waals surface area contributed by atoms with Crippen molar-refractivity contribution in [3.63, 3.8) is 0 Å². The number of fused-ring (bicyclic) bond motifs is 1. The van der Waals surface area contributed by atoms with Gasteiger partial charge in [-0.3, -0.25) is 9.59 Å². The molecule has 1 saturated carbocycles. The van der Waals surface area contributed by atoms with Crippen molar-refractivity contribution in [3.8, 4) is 0 Å². The van der Waals surface area contributed by atoms with Crippen LogP contribution in [-0.4, -0.2) is 11.8 Å². The first-order valence-corrected chi connectivity index (χ1v) is 7.42. The summed E-state index contributed by atoms with van der Waals surface area (Å²) >= 11 is 0. The molecule has 2 N–H and O–H groups in total. The molecule has 1 aromatic carbocycles. The molecule has 2 aliphatic rings. The zero-order chi connectivity index (χ0) is 13.9. The lowest BCUT2D eigenvalue weighted by Gasteiger charge is -2.20. The molecule has 0 saturated heterocycles. The first-order chi connectivity index (χ1) is 9.72. The number of anilines is 1. The van der Waals surface area contributed by atoms with E-state index < -0.39 is 0 Å². The van der Waals surface area contributed by atoms with Gasteiger partial charge in [-0.2, -0.15) is 0 Å². The molecule has 20 heavy (non-hydrogen) atoms. The summed E-state index contributed by atoms with van der Waals surface area (Å²) in [4.78, 5) is 23.4. The number of rotatable bonds is 3. The van der Waals surface area contributed by atoms with Gasteiger partial charge in [0.15, 0.2) is 0 Å². The molecule has 1 aliphatic heterocycles. The minimum Gasteiger partial charge on any atom is -0.352 e. The van der Waals surface area contributed by atoms with Gasteiger partial charge in [-0.15, -0.1) is 0 Å². The Morgan fingerprint density at radius 3 is 2.85 bits per heavy atom. The highest BCUT2D eigenvalue weighted by Gasteiger charge is 2.21. The van der Waals surface area contributed by atoms with Crippen molar-refractivity contribution in [2.45, 2.75) is 45.1 Å². The highest BCUT2D eigenvalue weighted by Crippen LogP contribution is 2.25. The molecular formula is C16H20N2O2. The van der Waals surface area contributed by atoms with Crippen LogP contribution in [0, 0.1) is 5.92 Å². The third kappa shape index (κ3) is 2.84. The predicted octanol–water partition coefficient (Wildman–Crippen LogP) is 2.38. The molecule has 1 aromatic rings.